The average molecular weight is 312 g/mol. The van der Waals surface area contributed by atoms with Crippen molar-refractivity contribution < 1.29 is 14.7 Å². The minimum absolute atomic E-state index is 0.341. The Hall–Kier alpha value is -2.43. The first kappa shape index (κ1) is 15.5. The molecule has 1 aromatic heterocycles. The van der Waals surface area contributed by atoms with Crippen LogP contribution in [-0.2, 0) is 4.79 Å². The maximum absolute atomic E-state index is 12.6. The molecule has 23 heavy (non-hydrogen) atoms. The third-order valence-electron chi connectivity index (χ3n) is 4.16. The number of nitrogens with one attached hydrogen (secondary N) is 1. The first-order valence-electron chi connectivity index (χ1n) is 8.03. The van der Waals surface area contributed by atoms with E-state index in [0.29, 0.717) is 24.3 Å². The van der Waals surface area contributed by atoms with Gasteiger partial charge < -0.3 is 10.4 Å². The van der Waals surface area contributed by atoms with Crippen LogP contribution in [0.5, 0.6) is 0 Å². The first-order chi connectivity index (χ1) is 11.1. The van der Waals surface area contributed by atoms with Crippen molar-refractivity contribution in [2.45, 2.75) is 44.6 Å². The molecule has 1 aromatic carbocycles. The first-order valence-corrected chi connectivity index (χ1v) is 8.03. The summed E-state index contributed by atoms with van der Waals surface area (Å²) in [4.78, 5) is 28.6. The van der Waals surface area contributed by atoms with E-state index in [4.69, 9.17) is 0 Å². The highest BCUT2D eigenvalue weighted by molar-refractivity contribution is 6.07. The molecular formula is C18H20N2O3. The summed E-state index contributed by atoms with van der Waals surface area (Å²) >= 11 is 0. The fourth-order valence-electron chi connectivity index (χ4n) is 2.75. The SMILES string of the molecule is CCCC(NC(=O)c1cc(C2CC2)nc2ccccc12)C(=O)O. The number of aliphatic carboxylic acids is 1. The van der Waals surface area contributed by atoms with Gasteiger partial charge in [-0.05, 0) is 31.4 Å². The fraction of sp³-hybridized carbons (Fsp3) is 0.389. The van der Waals surface area contributed by atoms with Gasteiger partial charge in [-0.2, -0.15) is 0 Å². The summed E-state index contributed by atoms with van der Waals surface area (Å²) in [6, 6.07) is 8.45. The molecule has 1 heterocycles. The normalized spacial score (nSPS) is 15.3. The Bertz CT molecular complexity index is 753. The molecule has 1 aliphatic carbocycles. The van der Waals surface area contributed by atoms with Gasteiger partial charge in [0.15, 0.2) is 0 Å². The topological polar surface area (TPSA) is 79.3 Å². The lowest BCUT2D eigenvalue weighted by atomic mass is 10.0. The van der Waals surface area contributed by atoms with Crippen molar-refractivity contribution in [1.82, 2.24) is 10.3 Å². The van der Waals surface area contributed by atoms with Gasteiger partial charge in [-0.15, -0.1) is 0 Å². The van der Waals surface area contributed by atoms with Crippen LogP contribution in [0.1, 0.15) is 54.6 Å². The lowest BCUT2D eigenvalue weighted by molar-refractivity contribution is -0.139. The molecule has 2 N–H and O–H groups in total. The third kappa shape index (κ3) is 3.33. The molecule has 1 atom stereocenters. The van der Waals surface area contributed by atoms with Gasteiger partial charge in [0.05, 0.1) is 11.1 Å². The molecule has 5 nitrogen and oxygen atoms in total. The number of amides is 1. The van der Waals surface area contributed by atoms with Gasteiger partial charge in [0.1, 0.15) is 6.04 Å². The summed E-state index contributed by atoms with van der Waals surface area (Å²) in [5, 5.41) is 12.6. The van der Waals surface area contributed by atoms with Gasteiger partial charge in [-0.3, -0.25) is 9.78 Å². The molecule has 1 amide bonds. The van der Waals surface area contributed by atoms with Gasteiger partial charge in [0.2, 0.25) is 0 Å². The van der Waals surface area contributed by atoms with E-state index in [0.717, 1.165) is 29.4 Å². The van der Waals surface area contributed by atoms with Crippen molar-refractivity contribution in [1.29, 1.82) is 0 Å². The monoisotopic (exact) mass is 312 g/mol. The molecular weight excluding hydrogens is 292 g/mol. The summed E-state index contributed by atoms with van der Waals surface area (Å²) < 4.78 is 0. The number of carboxylic acid groups (broad SMARTS) is 1. The van der Waals surface area contributed by atoms with Gasteiger partial charge in [-0.25, -0.2) is 4.79 Å². The molecule has 1 fully saturated rings. The molecule has 1 unspecified atom stereocenters. The van der Waals surface area contributed by atoms with Crippen LogP contribution in [-0.4, -0.2) is 28.0 Å². The summed E-state index contributed by atoms with van der Waals surface area (Å²) in [7, 11) is 0. The molecule has 0 bridgehead atoms. The molecule has 0 radical (unpaired) electrons. The highest BCUT2D eigenvalue weighted by Crippen LogP contribution is 2.40. The standard InChI is InChI=1S/C18H20N2O3/c1-2-5-15(18(22)23)20-17(21)13-10-16(11-8-9-11)19-14-7-4-3-6-12(13)14/h3-4,6-7,10-11,15H,2,5,8-9H2,1H3,(H,20,21)(H,22,23). The molecule has 5 heteroatoms. The molecule has 2 aromatic rings. The Kier molecular flexibility index (Phi) is 4.28. The number of carboxylic acids is 1. The lowest BCUT2D eigenvalue weighted by Gasteiger charge is -2.15. The van der Waals surface area contributed by atoms with Crippen LogP contribution in [0.3, 0.4) is 0 Å². The number of nitrogens with zero attached hydrogens (tertiary/aromatic N) is 1. The van der Waals surface area contributed by atoms with Crippen molar-refractivity contribution in [3.63, 3.8) is 0 Å². The van der Waals surface area contributed by atoms with Crippen LogP contribution >= 0.6 is 0 Å². The zero-order valence-electron chi connectivity index (χ0n) is 13.1. The second kappa shape index (κ2) is 6.36. The van der Waals surface area contributed by atoms with Crippen LogP contribution < -0.4 is 5.32 Å². The summed E-state index contributed by atoms with van der Waals surface area (Å²) in [5.74, 6) is -0.913. The number of carbonyl (C=O) groups excluding carboxylic acids is 1. The van der Waals surface area contributed by atoms with E-state index in [2.05, 4.69) is 10.3 Å². The quantitative estimate of drug-likeness (QED) is 0.859. The number of fused-ring (bicyclic) bond motifs is 1. The Morgan fingerprint density at radius 1 is 1.35 bits per heavy atom. The van der Waals surface area contributed by atoms with Crippen molar-refractivity contribution in [3.05, 3.63) is 41.6 Å². The van der Waals surface area contributed by atoms with Crippen LogP contribution in [0.15, 0.2) is 30.3 Å². The van der Waals surface area contributed by atoms with Crippen LogP contribution in [0.2, 0.25) is 0 Å². The van der Waals surface area contributed by atoms with Crippen molar-refractivity contribution in [2.24, 2.45) is 0 Å². The second-order valence-electron chi connectivity index (χ2n) is 6.04. The van der Waals surface area contributed by atoms with Crippen molar-refractivity contribution in [3.8, 4) is 0 Å². The number of pyridine rings is 1. The molecule has 1 saturated carbocycles. The molecule has 120 valence electrons. The fourth-order valence-corrected chi connectivity index (χ4v) is 2.75. The summed E-state index contributed by atoms with van der Waals surface area (Å²) in [5.41, 5.74) is 2.22. The van der Waals surface area contributed by atoms with Gasteiger partial charge in [-0.1, -0.05) is 31.5 Å². The Morgan fingerprint density at radius 3 is 2.74 bits per heavy atom. The molecule has 0 aliphatic heterocycles. The maximum Gasteiger partial charge on any atom is 0.326 e. The number of hydrogen-bond donors (Lipinski definition) is 2. The lowest BCUT2D eigenvalue weighted by Crippen LogP contribution is -2.40. The second-order valence-corrected chi connectivity index (χ2v) is 6.04. The number of rotatable bonds is 6. The average Bonchev–Trinajstić information content (AvgIpc) is 3.38. The van der Waals surface area contributed by atoms with Crippen molar-refractivity contribution in [2.75, 3.05) is 0 Å². The van der Waals surface area contributed by atoms with Gasteiger partial charge in [0.25, 0.3) is 5.91 Å². The van der Waals surface area contributed by atoms with E-state index in [9.17, 15) is 14.7 Å². The maximum atomic E-state index is 12.6. The molecule has 3 rings (SSSR count). The van der Waals surface area contributed by atoms with E-state index < -0.39 is 12.0 Å². The van der Waals surface area contributed by atoms with Crippen LogP contribution in [0.4, 0.5) is 0 Å². The van der Waals surface area contributed by atoms with Crippen LogP contribution in [0, 0.1) is 0 Å². The largest absolute Gasteiger partial charge is 0.480 e. The molecule has 0 spiro atoms. The van der Waals surface area contributed by atoms with E-state index in [1.165, 1.54) is 0 Å². The summed E-state index contributed by atoms with van der Waals surface area (Å²) in [6.07, 6.45) is 3.31. The van der Waals surface area contributed by atoms with E-state index >= 15 is 0 Å². The highest BCUT2D eigenvalue weighted by atomic mass is 16.4. The molecule has 1 aliphatic rings. The zero-order valence-corrected chi connectivity index (χ0v) is 13.1. The number of hydrogen-bond acceptors (Lipinski definition) is 3. The predicted octanol–water partition coefficient (Wildman–Crippen LogP) is 3.10. The minimum Gasteiger partial charge on any atom is -0.480 e. The van der Waals surface area contributed by atoms with Crippen LogP contribution in [0.25, 0.3) is 10.9 Å². The summed E-state index contributed by atoms with van der Waals surface area (Å²) in [6.45, 7) is 1.90. The number of benzene rings is 1. The molecule has 0 saturated heterocycles. The number of aromatic nitrogens is 1. The van der Waals surface area contributed by atoms with Gasteiger partial charge in [0, 0.05) is 17.0 Å². The highest BCUT2D eigenvalue weighted by Gasteiger charge is 2.27. The Balaban J connectivity index is 1.96. The van der Waals surface area contributed by atoms with Crippen molar-refractivity contribution >= 4 is 22.8 Å². The van der Waals surface area contributed by atoms with Gasteiger partial charge >= 0.3 is 5.97 Å². The number of para-hydroxylation sites is 1. The zero-order chi connectivity index (χ0) is 16.4. The minimum atomic E-state index is -0.999. The smallest absolute Gasteiger partial charge is 0.326 e. The Labute approximate surface area is 134 Å². The number of carbonyl (C=O) groups is 2. The van der Waals surface area contributed by atoms with E-state index in [1.54, 1.807) is 0 Å². The predicted molar refractivity (Wildman–Crippen MR) is 87.5 cm³/mol. The Morgan fingerprint density at radius 2 is 2.09 bits per heavy atom. The van der Waals surface area contributed by atoms with E-state index in [-0.39, 0.29) is 5.91 Å². The van der Waals surface area contributed by atoms with E-state index in [1.807, 2.05) is 37.3 Å². The third-order valence-corrected chi connectivity index (χ3v) is 4.16.